The average Bonchev–Trinajstić information content (AvgIpc) is 3.30. The maximum Gasteiger partial charge on any atom is 0.410 e. The number of pyridine rings is 1. The Kier molecular flexibility index (Phi) is 6.79. The first-order valence-electron chi connectivity index (χ1n) is 14.0. The van der Waals surface area contributed by atoms with Gasteiger partial charge >= 0.3 is 6.09 Å². The molecule has 208 valence electrons. The van der Waals surface area contributed by atoms with E-state index < -0.39 is 5.60 Å². The minimum absolute atomic E-state index is 0.113. The van der Waals surface area contributed by atoms with Crippen LogP contribution in [0.2, 0.25) is 0 Å². The molecule has 3 fully saturated rings. The van der Waals surface area contributed by atoms with Crippen molar-refractivity contribution in [3.63, 3.8) is 0 Å². The Labute approximate surface area is 232 Å². The number of carbonyl (C=O) groups is 1. The van der Waals surface area contributed by atoms with Crippen LogP contribution < -0.4 is 21.1 Å². The highest BCUT2D eigenvalue weighted by Crippen LogP contribution is 2.42. The number of benzene rings is 1. The lowest BCUT2D eigenvalue weighted by Crippen LogP contribution is -2.62. The van der Waals surface area contributed by atoms with Gasteiger partial charge in [-0.3, -0.25) is 4.79 Å². The smallest absolute Gasteiger partial charge is 0.410 e. The number of fused-ring (bicyclic) bond motifs is 1. The molecule has 5 heterocycles. The molecule has 0 bridgehead atoms. The summed E-state index contributed by atoms with van der Waals surface area (Å²) in [4.78, 5) is 38.1. The molecule has 1 atom stereocenters. The van der Waals surface area contributed by atoms with E-state index in [-0.39, 0.29) is 23.1 Å². The van der Waals surface area contributed by atoms with Gasteiger partial charge in [0, 0.05) is 50.2 Å². The van der Waals surface area contributed by atoms with E-state index in [0.29, 0.717) is 5.56 Å². The summed E-state index contributed by atoms with van der Waals surface area (Å²) < 4.78 is 6.62. The van der Waals surface area contributed by atoms with Crippen LogP contribution in [0.15, 0.2) is 35.1 Å². The van der Waals surface area contributed by atoms with Gasteiger partial charge in [0.25, 0.3) is 5.56 Å². The number of nitrogens with one attached hydrogen (secondary N) is 3. The number of likely N-dealkylation sites (tertiary alicyclic amines) is 1. The Hall–Kier alpha value is -3.11. The second kappa shape index (κ2) is 10.1. The van der Waals surface area contributed by atoms with Gasteiger partial charge in [-0.1, -0.05) is 12.1 Å². The highest BCUT2D eigenvalue weighted by molar-refractivity contribution is 7.21. The molecule has 39 heavy (non-hydrogen) atoms. The summed E-state index contributed by atoms with van der Waals surface area (Å²) in [6.45, 7) is 10.8. The summed E-state index contributed by atoms with van der Waals surface area (Å²) in [6.07, 6.45) is 3.90. The number of carbonyl (C=O) groups excluding carboxylic acids is 1. The zero-order valence-corrected chi connectivity index (χ0v) is 23.8. The molecule has 0 unspecified atom stereocenters. The van der Waals surface area contributed by atoms with Crippen LogP contribution in [-0.2, 0) is 4.74 Å². The van der Waals surface area contributed by atoms with E-state index in [0.717, 1.165) is 91.7 Å². The van der Waals surface area contributed by atoms with Gasteiger partial charge in [0.15, 0.2) is 0 Å². The number of piperidine rings is 2. The van der Waals surface area contributed by atoms with Crippen molar-refractivity contribution in [3.05, 3.63) is 40.7 Å². The number of hydrogen-bond donors (Lipinski definition) is 3. The van der Waals surface area contributed by atoms with Crippen molar-refractivity contribution in [1.29, 1.82) is 0 Å². The van der Waals surface area contributed by atoms with E-state index >= 15 is 0 Å². The minimum atomic E-state index is -0.480. The van der Waals surface area contributed by atoms with Crippen LogP contribution in [0.3, 0.4) is 0 Å². The number of rotatable bonds is 4. The molecule has 3 saturated heterocycles. The summed E-state index contributed by atoms with van der Waals surface area (Å²) in [6, 6.07) is 10.4. The van der Waals surface area contributed by atoms with E-state index in [1.165, 1.54) is 0 Å². The van der Waals surface area contributed by atoms with Crippen molar-refractivity contribution in [2.45, 2.75) is 58.1 Å². The summed E-state index contributed by atoms with van der Waals surface area (Å²) in [5.41, 5.74) is 1.93. The minimum Gasteiger partial charge on any atom is -0.444 e. The van der Waals surface area contributed by atoms with Crippen LogP contribution in [0.25, 0.3) is 20.8 Å². The molecule has 0 saturated carbocycles. The van der Waals surface area contributed by atoms with Crippen molar-refractivity contribution in [3.8, 4) is 10.6 Å². The Balaban J connectivity index is 1.21. The number of aromatic nitrogens is 2. The van der Waals surface area contributed by atoms with Gasteiger partial charge in [-0.05, 0) is 65.1 Å². The molecular weight excluding hydrogens is 512 g/mol. The number of para-hydroxylation sites is 1. The fraction of sp³-hybridized carbons (Fsp3) is 0.552. The third kappa shape index (κ3) is 5.49. The highest BCUT2D eigenvalue weighted by Gasteiger charge is 2.48. The third-order valence-corrected chi connectivity index (χ3v) is 9.11. The van der Waals surface area contributed by atoms with E-state index in [1.54, 1.807) is 11.3 Å². The quantitative estimate of drug-likeness (QED) is 0.435. The van der Waals surface area contributed by atoms with E-state index in [2.05, 4.69) is 26.6 Å². The van der Waals surface area contributed by atoms with Crippen LogP contribution >= 0.6 is 11.3 Å². The molecule has 3 aliphatic rings. The number of ether oxygens (including phenoxy) is 1. The number of thiazole rings is 1. The highest BCUT2D eigenvalue weighted by atomic mass is 32.1. The zero-order chi connectivity index (χ0) is 27.2. The van der Waals surface area contributed by atoms with Gasteiger partial charge in [0.2, 0.25) is 0 Å². The van der Waals surface area contributed by atoms with Crippen LogP contribution in [0.5, 0.6) is 0 Å². The number of aromatic amines is 1. The predicted octanol–water partition coefficient (Wildman–Crippen LogP) is 4.65. The molecule has 2 aromatic heterocycles. The Morgan fingerprint density at radius 1 is 1.21 bits per heavy atom. The first kappa shape index (κ1) is 26.1. The fourth-order valence-electron chi connectivity index (χ4n) is 5.97. The number of hydrogen-bond acceptors (Lipinski definition) is 8. The summed E-state index contributed by atoms with van der Waals surface area (Å²) in [5, 5.41) is 7.89. The van der Waals surface area contributed by atoms with Gasteiger partial charge in [-0.2, -0.15) is 0 Å². The second-order valence-corrected chi connectivity index (χ2v) is 13.3. The van der Waals surface area contributed by atoms with Gasteiger partial charge in [-0.25, -0.2) is 9.78 Å². The van der Waals surface area contributed by atoms with Crippen molar-refractivity contribution < 1.29 is 9.53 Å². The summed E-state index contributed by atoms with van der Waals surface area (Å²) >= 11 is 1.56. The van der Waals surface area contributed by atoms with E-state index in [1.807, 2.05) is 49.9 Å². The van der Waals surface area contributed by atoms with Crippen molar-refractivity contribution in [2.24, 2.45) is 5.41 Å². The van der Waals surface area contributed by atoms with Crippen molar-refractivity contribution in [1.82, 2.24) is 20.2 Å². The number of H-pyrrole nitrogens is 1. The molecule has 1 amide bonds. The SMILES string of the molecule is CC(C)(C)OC(=O)N1CC2(CCN(c3cc(N[C@@H]4CCCNC4)c(-c4nc5ccccc5s4)c(=O)[nH]3)CC2)C1. The molecular formula is C29H38N6O3S. The van der Waals surface area contributed by atoms with Crippen LogP contribution in [-0.4, -0.2) is 71.9 Å². The Morgan fingerprint density at radius 2 is 1.97 bits per heavy atom. The van der Waals surface area contributed by atoms with Gasteiger partial charge in [-0.15, -0.1) is 11.3 Å². The third-order valence-electron chi connectivity index (χ3n) is 8.05. The molecule has 6 rings (SSSR count). The van der Waals surface area contributed by atoms with Crippen LogP contribution in [0.1, 0.15) is 46.5 Å². The van der Waals surface area contributed by atoms with Gasteiger partial charge in [0.1, 0.15) is 16.4 Å². The van der Waals surface area contributed by atoms with Gasteiger partial charge < -0.3 is 30.2 Å². The molecule has 3 N–H and O–H groups in total. The monoisotopic (exact) mass is 550 g/mol. The molecule has 10 heteroatoms. The Morgan fingerprint density at radius 3 is 2.67 bits per heavy atom. The molecule has 1 aromatic carbocycles. The lowest BCUT2D eigenvalue weighted by Gasteiger charge is -2.53. The lowest BCUT2D eigenvalue weighted by molar-refractivity contribution is -0.0434. The maximum absolute atomic E-state index is 13.6. The zero-order valence-electron chi connectivity index (χ0n) is 23.0. The first-order valence-corrected chi connectivity index (χ1v) is 14.8. The lowest BCUT2D eigenvalue weighted by atomic mass is 9.72. The van der Waals surface area contributed by atoms with Crippen LogP contribution in [0.4, 0.5) is 16.3 Å². The number of amides is 1. The number of nitrogens with zero attached hydrogens (tertiary/aromatic N) is 3. The van der Waals surface area contributed by atoms with Crippen LogP contribution in [0, 0.1) is 5.41 Å². The van der Waals surface area contributed by atoms with Crippen molar-refractivity contribution >= 4 is 39.2 Å². The van der Waals surface area contributed by atoms with Gasteiger partial charge in [0.05, 0.1) is 21.5 Å². The molecule has 9 nitrogen and oxygen atoms in total. The largest absolute Gasteiger partial charge is 0.444 e. The Bertz CT molecular complexity index is 1370. The van der Waals surface area contributed by atoms with E-state index in [4.69, 9.17) is 9.72 Å². The first-order chi connectivity index (χ1) is 18.7. The maximum atomic E-state index is 13.6. The molecule has 3 aliphatic heterocycles. The average molecular weight is 551 g/mol. The normalized spacial score (nSPS) is 21.2. The molecule has 0 radical (unpaired) electrons. The summed E-state index contributed by atoms with van der Waals surface area (Å²) in [5.74, 6) is 0.842. The summed E-state index contributed by atoms with van der Waals surface area (Å²) in [7, 11) is 0. The van der Waals surface area contributed by atoms with Crippen molar-refractivity contribution in [2.75, 3.05) is 49.5 Å². The second-order valence-electron chi connectivity index (χ2n) is 12.3. The molecule has 1 spiro atoms. The number of anilines is 2. The fourth-order valence-corrected chi connectivity index (χ4v) is 7.00. The van der Waals surface area contributed by atoms with E-state index in [9.17, 15) is 9.59 Å². The topological polar surface area (TPSA) is 103 Å². The molecule has 3 aromatic rings. The molecule has 0 aliphatic carbocycles. The predicted molar refractivity (Wildman–Crippen MR) is 157 cm³/mol. The standard InChI is InChI=1S/C29H38N6O3S/c1-28(2,3)38-27(37)35-17-29(18-35)10-13-34(14-11-29)23-15-21(31-19-7-6-12-30-16-19)24(25(36)33-23)26-32-20-8-4-5-9-22(20)39-26/h4-5,8-9,15,19,30H,6-7,10-14,16-18H2,1-3H3,(H2,31,33,36)/t19-/m1/s1.